The monoisotopic (exact) mass is 221 g/mol. The molecule has 0 saturated carbocycles. The molecule has 0 amide bonds. The predicted octanol–water partition coefficient (Wildman–Crippen LogP) is 0.348. The van der Waals surface area contributed by atoms with Gasteiger partial charge in [-0.25, -0.2) is 0 Å². The highest BCUT2D eigenvalue weighted by Gasteiger charge is 2.35. The first-order valence-corrected chi connectivity index (χ1v) is 4.71. The van der Waals surface area contributed by atoms with Crippen LogP contribution in [0.25, 0.3) is 0 Å². The van der Waals surface area contributed by atoms with Gasteiger partial charge in [-0.1, -0.05) is 0 Å². The Balaban J connectivity index is 0.000000980. The van der Waals surface area contributed by atoms with Crippen LogP contribution in [-0.2, 0) is 14.3 Å². The standard InChI is InChI=1S/C9H15NO3.ClH/c1-12-9(11)6-2-7-4-13-5-8(3-6)10-7;/h6-8,10H,2-5H2,1H3;1H/t6?,7-,8+;. The maximum Gasteiger partial charge on any atom is 0.308 e. The van der Waals surface area contributed by atoms with E-state index >= 15 is 0 Å². The summed E-state index contributed by atoms with van der Waals surface area (Å²) in [5.74, 6) is 0.00329. The van der Waals surface area contributed by atoms with Crippen LogP contribution < -0.4 is 5.32 Å². The van der Waals surface area contributed by atoms with Crippen LogP contribution in [0, 0.1) is 5.92 Å². The van der Waals surface area contributed by atoms with Gasteiger partial charge < -0.3 is 14.8 Å². The van der Waals surface area contributed by atoms with Gasteiger partial charge in [0.15, 0.2) is 0 Å². The molecule has 3 atom stereocenters. The fourth-order valence-corrected chi connectivity index (χ4v) is 2.20. The van der Waals surface area contributed by atoms with Crippen LogP contribution in [0.1, 0.15) is 12.8 Å². The highest BCUT2D eigenvalue weighted by Crippen LogP contribution is 2.24. The third kappa shape index (κ3) is 2.38. The maximum absolute atomic E-state index is 11.3. The molecule has 2 bridgehead atoms. The SMILES string of the molecule is COC(=O)C1C[C@H]2COC[C@@H](C1)N2.Cl. The Labute approximate surface area is 89.7 Å². The molecule has 82 valence electrons. The number of carbonyl (C=O) groups is 1. The molecule has 0 aromatic heterocycles. The van der Waals surface area contributed by atoms with Crippen LogP contribution in [-0.4, -0.2) is 38.4 Å². The number of nitrogens with one attached hydrogen (secondary N) is 1. The van der Waals surface area contributed by atoms with Gasteiger partial charge in [0.1, 0.15) is 0 Å². The van der Waals surface area contributed by atoms with E-state index in [1.165, 1.54) is 7.11 Å². The molecule has 2 saturated heterocycles. The van der Waals surface area contributed by atoms with Crippen molar-refractivity contribution < 1.29 is 14.3 Å². The van der Waals surface area contributed by atoms with Gasteiger partial charge in [0, 0.05) is 12.1 Å². The van der Waals surface area contributed by atoms with E-state index < -0.39 is 0 Å². The second kappa shape index (κ2) is 4.96. The zero-order valence-corrected chi connectivity index (χ0v) is 9.01. The largest absolute Gasteiger partial charge is 0.469 e. The Morgan fingerprint density at radius 1 is 1.36 bits per heavy atom. The van der Waals surface area contributed by atoms with Crippen LogP contribution in [0.3, 0.4) is 0 Å². The second-order valence-corrected chi connectivity index (χ2v) is 3.79. The molecule has 2 aliphatic rings. The van der Waals surface area contributed by atoms with Crippen molar-refractivity contribution in [1.29, 1.82) is 0 Å². The number of carbonyl (C=O) groups excluding carboxylic acids is 1. The first kappa shape index (κ1) is 11.8. The first-order valence-electron chi connectivity index (χ1n) is 4.71. The lowest BCUT2D eigenvalue weighted by Gasteiger charge is -2.38. The molecule has 5 heteroatoms. The van der Waals surface area contributed by atoms with E-state index in [0.717, 1.165) is 26.1 Å². The number of fused-ring (bicyclic) bond motifs is 2. The Morgan fingerprint density at radius 3 is 2.43 bits per heavy atom. The van der Waals surface area contributed by atoms with Crippen LogP contribution in [0.2, 0.25) is 0 Å². The van der Waals surface area contributed by atoms with Crippen molar-refractivity contribution in [3.05, 3.63) is 0 Å². The lowest BCUT2D eigenvalue weighted by molar-refractivity contribution is -0.148. The quantitative estimate of drug-likeness (QED) is 0.650. The molecule has 0 spiro atoms. The number of hydrogen-bond donors (Lipinski definition) is 1. The average molecular weight is 222 g/mol. The second-order valence-electron chi connectivity index (χ2n) is 3.79. The van der Waals surface area contributed by atoms with Crippen LogP contribution in [0.15, 0.2) is 0 Å². The molecule has 0 aliphatic carbocycles. The van der Waals surface area contributed by atoms with E-state index in [0.29, 0.717) is 12.1 Å². The molecule has 0 aromatic rings. The number of hydrogen-bond acceptors (Lipinski definition) is 4. The molecular formula is C9H16ClNO3. The fourth-order valence-electron chi connectivity index (χ4n) is 2.20. The molecule has 4 nitrogen and oxygen atoms in total. The van der Waals surface area contributed by atoms with Gasteiger partial charge in [-0.15, -0.1) is 12.4 Å². The molecule has 0 aromatic carbocycles. The summed E-state index contributed by atoms with van der Waals surface area (Å²) < 4.78 is 10.1. The molecule has 1 unspecified atom stereocenters. The summed E-state index contributed by atoms with van der Waals surface area (Å²) in [5.41, 5.74) is 0. The summed E-state index contributed by atoms with van der Waals surface area (Å²) >= 11 is 0. The predicted molar refractivity (Wildman–Crippen MR) is 53.5 cm³/mol. The zero-order chi connectivity index (χ0) is 9.26. The van der Waals surface area contributed by atoms with Crippen molar-refractivity contribution in [1.82, 2.24) is 5.32 Å². The van der Waals surface area contributed by atoms with E-state index in [4.69, 9.17) is 9.47 Å². The average Bonchev–Trinajstić information content (AvgIpc) is 2.16. The van der Waals surface area contributed by atoms with Gasteiger partial charge in [-0.3, -0.25) is 4.79 Å². The zero-order valence-electron chi connectivity index (χ0n) is 8.19. The molecule has 2 fully saturated rings. The molecule has 0 radical (unpaired) electrons. The van der Waals surface area contributed by atoms with Crippen LogP contribution in [0.5, 0.6) is 0 Å². The van der Waals surface area contributed by atoms with E-state index in [1.807, 2.05) is 0 Å². The van der Waals surface area contributed by atoms with Gasteiger partial charge in [0.25, 0.3) is 0 Å². The summed E-state index contributed by atoms with van der Waals surface area (Å²) in [6, 6.07) is 0.688. The lowest BCUT2D eigenvalue weighted by atomic mass is 9.87. The van der Waals surface area contributed by atoms with E-state index in [2.05, 4.69) is 5.32 Å². The van der Waals surface area contributed by atoms with Crippen LogP contribution in [0.4, 0.5) is 0 Å². The third-order valence-electron chi connectivity index (χ3n) is 2.78. The van der Waals surface area contributed by atoms with E-state index in [-0.39, 0.29) is 24.3 Å². The minimum Gasteiger partial charge on any atom is -0.469 e. The topological polar surface area (TPSA) is 47.6 Å². The minimum atomic E-state index is -0.0709. The van der Waals surface area contributed by atoms with Crippen molar-refractivity contribution in [2.75, 3.05) is 20.3 Å². The normalized spacial score (nSPS) is 35.6. The fraction of sp³-hybridized carbons (Fsp3) is 0.889. The van der Waals surface area contributed by atoms with Gasteiger partial charge in [0.05, 0.1) is 26.2 Å². The van der Waals surface area contributed by atoms with Crippen molar-refractivity contribution >= 4 is 18.4 Å². The number of esters is 1. The van der Waals surface area contributed by atoms with Crippen molar-refractivity contribution in [3.8, 4) is 0 Å². The third-order valence-corrected chi connectivity index (χ3v) is 2.78. The van der Waals surface area contributed by atoms with Gasteiger partial charge >= 0.3 is 5.97 Å². The summed E-state index contributed by atoms with van der Waals surface area (Å²) in [6.07, 6.45) is 1.70. The Morgan fingerprint density at radius 2 is 1.93 bits per heavy atom. The summed E-state index contributed by atoms with van der Waals surface area (Å²) in [4.78, 5) is 11.3. The van der Waals surface area contributed by atoms with Crippen molar-refractivity contribution in [3.63, 3.8) is 0 Å². The Bertz CT molecular complexity index is 200. The summed E-state index contributed by atoms with van der Waals surface area (Å²) in [5, 5.41) is 3.43. The Hall–Kier alpha value is -0.320. The first-order chi connectivity index (χ1) is 6.29. The molecule has 2 heterocycles. The lowest BCUT2D eigenvalue weighted by Crippen LogP contribution is -2.55. The van der Waals surface area contributed by atoms with Gasteiger partial charge in [-0.2, -0.15) is 0 Å². The smallest absolute Gasteiger partial charge is 0.308 e. The number of rotatable bonds is 1. The van der Waals surface area contributed by atoms with Gasteiger partial charge in [0.2, 0.25) is 0 Å². The maximum atomic E-state index is 11.3. The number of ether oxygens (including phenoxy) is 2. The van der Waals surface area contributed by atoms with Crippen molar-refractivity contribution in [2.45, 2.75) is 24.9 Å². The number of halogens is 1. The Kier molecular flexibility index (Phi) is 4.16. The number of methoxy groups -OCH3 is 1. The summed E-state index contributed by atoms with van der Waals surface area (Å²) in [6.45, 7) is 1.45. The van der Waals surface area contributed by atoms with E-state index in [9.17, 15) is 4.79 Å². The summed E-state index contributed by atoms with van der Waals surface area (Å²) in [7, 11) is 1.46. The minimum absolute atomic E-state index is 0. The van der Waals surface area contributed by atoms with Gasteiger partial charge in [-0.05, 0) is 12.8 Å². The van der Waals surface area contributed by atoms with Crippen LogP contribution >= 0.6 is 12.4 Å². The molecule has 14 heavy (non-hydrogen) atoms. The highest BCUT2D eigenvalue weighted by atomic mass is 35.5. The van der Waals surface area contributed by atoms with E-state index in [1.54, 1.807) is 0 Å². The van der Waals surface area contributed by atoms with Crippen molar-refractivity contribution in [2.24, 2.45) is 5.92 Å². The number of morpholine rings is 1. The highest BCUT2D eigenvalue weighted by molar-refractivity contribution is 5.85. The molecule has 2 aliphatic heterocycles. The number of piperidine rings is 1. The molecular weight excluding hydrogens is 206 g/mol. The molecule has 1 N–H and O–H groups in total. The molecule has 2 rings (SSSR count).